The van der Waals surface area contributed by atoms with E-state index in [2.05, 4.69) is 4.98 Å². The quantitative estimate of drug-likeness (QED) is 0.347. The number of nitrogens with zero attached hydrogens (tertiary/aromatic N) is 1. The van der Waals surface area contributed by atoms with Crippen LogP contribution >= 0.6 is 0 Å². The first kappa shape index (κ1) is 18.5. The van der Waals surface area contributed by atoms with Crippen LogP contribution in [0.25, 0.3) is 16.7 Å². The molecule has 0 radical (unpaired) electrons. The highest BCUT2D eigenvalue weighted by Crippen LogP contribution is 2.44. The number of Topliss-reactive ketones (excluding diaryl/α,β-unsaturated/α-hetero) is 1. The molecule has 1 aromatic heterocycles. The van der Waals surface area contributed by atoms with Gasteiger partial charge in [-0.3, -0.25) is 9.59 Å². The number of benzene rings is 2. The van der Waals surface area contributed by atoms with Crippen LogP contribution < -0.4 is 0 Å². The maximum Gasteiger partial charge on any atom is 0.295 e. The Morgan fingerprint density at radius 3 is 2.57 bits per heavy atom. The number of aromatic amines is 1. The van der Waals surface area contributed by atoms with Gasteiger partial charge in [0.15, 0.2) is 0 Å². The largest absolute Gasteiger partial charge is 0.508 e. The van der Waals surface area contributed by atoms with Gasteiger partial charge < -0.3 is 20.1 Å². The highest BCUT2D eigenvalue weighted by Gasteiger charge is 2.49. The van der Waals surface area contributed by atoms with E-state index in [9.17, 15) is 19.8 Å². The summed E-state index contributed by atoms with van der Waals surface area (Å²) >= 11 is 0. The number of phenolic OH excluding ortho intramolecular Hbond substituents is 1. The van der Waals surface area contributed by atoms with Crippen molar-refractivity contribution >= 4 is 28.4 Å². The van der Waals surface area contributed by atoms with Crippen molar-refractivity contribution in [3.63, 3.8) is 0 Å². The van der Waals surface area contributed by atoms with E-state index in [1.165, 1.54) is 0 Å². The van der Waals surface area contributed by atoms with Crippen LogP contribution in [0.15, 0.2) is 60.3 Å². The number of likely N-dealkylation sites (tertiary alicyclic amines) is 1. The van der Waals surface area contributed by atoms with Crippen molar-refractivity contribution in [2.45, 2.75) is 37.8 Å². The summed E-state index contributed by atoms with van der Waals surface area (Å²) in [6.45, 7) is 0. The topological polar surface area (TPSA) is 93.6 Å². The number of aliphatic hydroxyl groups excluding tert-OH is 1. The van der Waals surface area contributed by atoms with Crippen LogP contribution in [-0.2, 0) is 9.59 Å². The molecule has 1 aliphatic heterocycles. The van der Waals surface area contributed by atoms with Gasteiger partial charge in [0, 0.05) is 28.7 Å². The maximum absolute atomic E-state index is 13.1. The van der Waals surface area contributed by atoms with Crippen LogP contribution in [0, 0.1) is 0 Å². The van der Waals surface area contributed by atoms with Crippen LogP contribution in [0.1, 0.15) is 42.9 Å². The third-order valence-electron chi connectivity index (χ3n) is 6.23. The van der Waals surface area contributed by atoms with Gasteiger partial charge in [-0.15, -0.1) is 0 Å². The Bertz CT molecular complexity index is 1190. The summed E-state index contributed by atoms with van der Waals surface area (Å²) < 4.78 is 0. The Labute approximate surface area is 173 Å². The molecular weight excluding hydrogens is 380 g/mol. The number of aliphatic hydroxyl groups is 1. The molecule has 5 rings (SSSR count). The molecule has 3 N–H and O–H groups in total. The molecule has 2 fully saturated rings. The van der Waals surface area contributed by atoms with Crippen molar-refractivity contribution < 1.29 is 19.8 Å². The van der Waals surface area contributed by atoms with Crippen LogP contribution in [0.2, 0.25) is 0 Å². The summed E-state index contributed by atoms with van der Waals surface area (Å²) in [7, 11) is 0. The first-order chi connectivity index (χ1) is 14.6. The zero-order chi connectivity index (χ0) is 20.8. The summed E-state index contributed by atoms with van der Waals surface area (Å²) in [6, 6.07) is 13.3. The highest BCUT2D eigenvalue weighted by atomic mass is 16.3. The van der Waals surface area contributed by atoms with E-state index in [-0.39, 0.29) is 23.1 Å². The number of nitrogens with one attached hydrogen (secondary N) is 1. The van der Waals surface area contributed by atoms with Gasteiger partial charge in [-0.05, 0) is 36.6 Å². The Morgan fingerprint density at radius 1 is 1.03 bits per heavy atom. The molecule has 6 heteroatoms. The van der Waals surface area contributed by atoms with Gasteiger partial charge in [0.2, 0.25) is 0 Å². The number of phenols is 1. The summed E-state index contributed by atoms with van der Waals surface area (Å²) in [4.78, 5) is 30.9. The number of H-pyrrole nitrogens is 1. The van der Waals surface area contributed by atoms with Gasteiger partial charge in [0.05, 0.1) is 11.6 Å². The highest BCUT2D eigenvalue weighted by molar-refractivity contribution is 6.46. The maximum atomic E-state index is 13.1. The molecule has 2 aromatic carbocycles. The van der Waals surface area contributed by atoms with Gasteiger partial charge in [-0.25, -0.2) is 0 Å². The van der Waals surface area contributed by atoms with E-state index >= 15 is 0 Å². The third kappa shape index (κ3) is 2.79. The lowest BCUT2D eigenvalue weighted by Gasteiger charge is -2.30. The molecule has 1 saturated heterocycles. The smallest absolute Gasteiger partial charge is 0.295 e. The number of ketones is 1. The lowest BCUT2D eigenvalue weighted by molar-refractivity contribution is -0.141. The van der Waals surface area contributed by atoms with E-state index in [1.807, 2.05) is 24.3 Å². The van der Waals surface area contributed by atoms with Crippen LogP contribution in [0.4, 0.5) is 0 Å². The zero-order valence-electron chi connectivity index (χ0n) is 16.3. The predicted octanol–water partition coefficient (Wildman–Crippen LogP) is 4.24. The average Bonchev–Trinajstić information content (AvgIpc) is 3.47. The zero-order valence-corrected chi connectivity index (χ0v) is 16.3. The minimum absolute atomic E-state index is 0.0524. The van der Waals surface area contributed by atoms with Crippen molar-refractivity contribution in [3.05, 3.63) is 71.4 Å². The van der Waals surface area contributed by atoms with Crippen molar-refractivity contribution in [1.29, 1.82) is 0 Å². The average molecular weight is 402 g/mol. The normalized spacial score (nSPS) is 21.7. The van der Waals surface area contributed by atoms with Gasteiger partial charge in [0.1, 0.15) is 11.5 Å². The summed E-state index contributed by atoms with van der Waals surface area (Å²) in [5.74, 6) is -1.41. The molecule has 1 saturated carbocycles. The molecule has 30 heavy (non-hydrogen) atoms. The number of hydrogen-bond donors (Lipinski definition) is 3. The van der Waals surface area contributed by atoms with E-state index < -0.39 is 17.7 Å². The van der Waals surface area contributed by atoms with Crippen LogP contribution in [0.3, 0.4) is 0 Å². The van der Waals surface area contributed by atoms with E-state index in [4.69, 9.17) is 0 Å². The SMILES string of the molecule is O=C1C(=O)N(C2CCCC2)C(c2cccc(O)c2)/C1=C(/O)c1c[nH]c2ccccc12. The predicted molar refractivity (Wildman–Crippen MR) is 113 cm³/mol. The molecule has 0 bridgehead atoms. The first-order valence-corrected chi connectivity index (χ1v) is 10.2. The number of carbonyl (C=O) groups excluding carboxylic acids is 2. The van der Waals surface area contributed by atoms with Crippen LogP contribution in [-0.4, -0.2) is 37.8 Å². The third-order valence-corrected chi connectivity index (χ3v) is 6.23. The van der Waals surface area contributed by atoms with Crippen LogP contribution in [0.5, 0.6) is 5.75 Å². The summed E-state index contributed by atoms with van der Waals surface area (Å²) in [6.07, 6.45) is 5.32. The molecule has 6 nitrogen and oxygen atoms in total. The minimum Gasteiger partial charge on any atom is -0.508 e. The Balaban J connectivity index is 1.72. The van der Waals surface area contributed by atoms with Gasteiger partial charge >= 0.3 is 0 Å². The second kappa shape index (κ2) is 7.06. The van der Waals surface area contributed by atoms with E-state index in [1.54, 1.807) is 35.4 Å². The Morgan fingerprint density at radius 2 is 1.80 bits per heavy atom. The van der Waals surface area contributed by atoms with E-state index in [0.29, 0.717) is 11.1 Å². The second-order valence-corrected chi connectivity index (χ2v) is 7.99. The summed E-state index contributed by atoms with van der Waals surface area (Å²) in [5.41, 5.74) is 2.00. The molecular formula is C24H22N2O4. The monoisotopic (exact) mass is 402 g/mol. The molecule has 1 unspecified atom stereocenters. The van der Waals surface area contributed by atoms with Crippen molar-refractivity contribution in [2.75, 3.05) is 0 Å². The van der Waals surface area contributed by atoms with E-state index in [0.717, 1.165) is 36.6 Å². The standard InChI is InChI=1S/C24H22N2O4/c27-16-9-5-6-14(12-16)21-20(23(29)24(30)26(21)15-7-1-2-8-15)22(28)18-13-25-19-11-4-3-10-17(18)19/h3-6,9-13,15,21,25,27-28H,1-2,7-8H2/b22-20-. The fourth-order valence-corrected chi connectivity index (χ4v) is 4.84. The molecule has 3 aromatic rings. The number of hydrogen-bond acceptors (Lipinski definition) is 4. The number of aromatic nitrogens is 1. The van der Waals surface area contributed by atoms with Crippen molar-refractivity contribution in [2.24, 2.45) is 0 Å². The molecule has 2 heterocycles. The molecule has 1 atom stereocenters. The minimum atomic E-state index is -0.728. The Kier molecular flexibility index (Phi) is 4.35. The summed E-state index contributed by atoms with van der Waals surface area (Å²) in [5, 5.41) is 22.1. The second-order valence-electron chi connectivity index (χ2n) is 7.99. The number of rotatable bonds is 3. The number of carbonyl (C=O) groups is 2. The number of para-hydroxylation sites is 1. The number of amides is 1. The van der Waals surface area contributed by atoms with Crippen molar-refractivity contribution in [1.82, 2.24) is 9.88 Å². The van der Waals surface area contributed by atoms with Crippen molar-refractivity contribution in [3.8, 4) is 5.75 Å². The lowest BCUT2D eigenvalue weighted by atomic mass is 9.94. The fourth-order valence-electron chi connectivity index (χ4n) is 4.84. The lowest BCUT2D eigenvalue weighted by Crippen LogP contribution is -2.37. The fraction of sp³-hybridized carbons (Fsp3) is 0.250. The molecule has 152 valence electrons. The first-order valence-electron chi connectivity index (χ1n) is 10.2. The molecule has 1 amide bonds. The number of fused-ring (bicyclic) bond motifs is 1. The molecule has 0 spiro atoms. The Hall–Kier alpha value is -3.54. The molecule has 1 aliphatic carbocycles. The van der Waals surface area contributed by atoms with Gasteiger partial charge in [0.25, 0.3) is 11.7 Å². The van der Waals surface area contributed by atoms with Gasteiger partial charge in [-0.2, -0.15) is 0 Å². The number of aromatic hydroxyl groups is 1. The van der Waals surface area contributed by atoms with Gasteiger partial charge in [-0.1, -0.05) is 43.2 Å². The molecule has 2 aliphatic rings.